The Balaban J connectivity index is 1.89. The summed E-state index contributed by atoms with van der Waals surface area (Å²) in [5.74, 6) is -1.08. The highest BCUT2D eigenvalue weighted by Gasteiger charge is 2.36. The lowest BCUT2D eigenvalue weighted by Crippen LogP contribution is -2.34. The van der Waals surface area contributed by atoms with Crippen LogP contribution in [-0.2, 0) is 14.3 Å². The Morgan fingerprint density at radius 2 is 1.96 bits per heavy atom. The third-order valence-electron chi connectivity index (χ3n) is 4.14. The van der Waals surface area contributed by atoms with Gasteiger partial charge in [0.25, 0.3) is 11.1 Å². The zero-order valence-corrected chi connectivity index (χ0v) is 16.1. The van der Waals surface area contributed by atoms with Crippen molar-refractivity contribution in [1.29, 1.82) is 0 Å². The molecule has 2 amide bonds. The van der Waals surface area contributed by atoms with Gasteiger partial charge >= 0.3 is 5.97 Å². The Kier molecular flexibility index (Phi) is 5.46. The van der Waals surface area contributed by atoms with Crippen LogP contribution in [0.15, 0.2) is 35.5 Å². The van der Waals surface area contributed by atoms with Gasteiger partial charge in [0.2, 0.25) is 0 Å². The quantitative estimate of drug-likeness (QED) is 0.581. The van der Waals surface area contributed by atoms with E-state index in [2.05, 4.69) is 9.55 Å². The van der Waals surface area contributed by atoms with Gasteiger partial charge in [-0.05, 0) is 62.4 Å². The molecule has 27 heavy (non-hydrogen) atoms. The van der Waals surface area contributed by atoms with Crippen LogP contribution in [0.4, 0.5) is 4.79 Å². The number of ether oxygens (including phenoxy) is 1. The lowest BCUT2D eigenvalue weighted by Gasteiger charge is -2.10. The molecule has 2 aromatic heterocycles. The topological polar surface area (TPSA) is 81.5 Å². The number of aromatic nitrogens is 2. The second-order valence-electron chi connectivity index (χ2n) is 5.94. The normalized spacial score (nSPS) is 15.7. The second kappa shape index (κ2) is 7.79. The number of nitrogens with zero attached hydrogens (tertiary/aromatic N) is 3. The summed E-state index contributed by atoms with van der Waals surface area (Å²) in [5, 5.41) is -0.470. The van der Waals surface area contributed by atoms with E-state index in [0.29, 0.717) is 4.91 Å². The summed E-state index contributed by atoms with van der Waals surface area (Å²) < 4.78 is 6.87. The SMILES string of the molecule is CCOC(=O)CN1C(=O)S/C(=C/c2cc(C)n(-c3ccncc3)c2C)C1=O. The smallest absolute Gasteiger partial charge is 0.326 e. The summed E-state index contributed by atoms with van der Waals surface area (Å²) in [4.78, 5) is 41.5. The number of hydrogen-bond donors (Lipinski definition) is 0. The molecular formula is C19H19N3O4S. The van der Waals surface area contributed by atoms with E-state index in [1.165, 1.54) is 0 Å². The van der Waals surface area contributed by atoms with E-state index in [4.69, 9.17) is 4.74 Å². The minimum absolute atomic E-state index is 0.200. The van der Waals surface area contributed by atoms with Crippen LogP contribution in [0.25, 0.3) is 11.8 Å². The molecule has 1 aliphatic heterocycles. The van der Waals surface area contributed by atoms with E-state index >= 15 is 0 Å². The molecule has 0 radical (unpaired) electrons. The van der Waals surface area contributed by atoms with Crippen molar-refractivity contribution in [1.82, 2.24) is 14.5 Å². The number of aryl methyl sites for hydroxylation is 1. The van der Waals surface area contributed by atoms with Gasteiger partial charge in [-0.1, -0.05) is 0 Å². The Bertz CT molecular complexity index is 934. The number of esters is 1. The molecule has 1 saturated heterocycles. The van der Waals surface area contributed by atoms with Crippen molar-refractivity contribution in [2.75, 3.05) is 13.2 Å². The van der Waals surface area contributed by atoms with Gasteiger partial charge in [0.05, 0.1) is 11.5 Å². The lowest BCUT2D eigenvalue weighted by molar-refractivity contribution is -0.145. The standard InChI is InChI=1S/C19H19N3O4S/c1-4-26-17(23)11-21-18(24)16(27-19(21)25)10-14-9-12(2)22(13(14)3)15-5-7-20-8-6-15/h5-10H,4,11H2,1-3H3/b16-10+. The Labute approximate surface area is 161 Å². The number of hydrogen-bond acceptors (Lipinski definition) is 6. The predicted molar refractivity (Wildman–Crippen MR) is 102 cm³/mol. The number of imide groups is 1. The summed E-state index contributed by atoms with van der Waals surface area (Å²) in [6.45, 7) is 5.42. The monoisotopic (exact) mass is 385 g/mol. The summed E-state index contributed by atoms with van der Waals surface area (Å²) >= 11 is 0.828. The Hall–Kier alpha value is -2.87. The van der Waals surface area contributed by atoms with E-state index in [1.807, 2.05) is 32.0 Å². The highest BCUT2D eigenvalue weighted by Crippen LogP contribution is 2.33. The highest BCUT2D eigenvalue weighted by molar-refractivity contribution is 8.18. The van der Waals surface area contributed by atoms with Crippen LogP contribution in [0.5, 0.6) is 0 Å². The molecule has 7 nitrogen and oxygen atoms in total. The van der Waals surface area contributed by atoms with Gasteiger partial charge in [-0.2, -0.15) is 0 Å². The van der Waals surface area contributed by atoms with Crippen LogP contribution >= 0.6 is 11.8 Å². The molecule has 0 N–H and O–H groups in total. The maximum Gasteiger partial charge on any atom is 0.326 e. The summed E-state index contributed by atoms with van der Waals surface area (Å²) in [6, 6.07) is 5.75. The summed E-state index contributed by atoms with van der Waals surface area (Å²) in [5.41, 5.74) is 3.74. The molecule has 1 fully saturated rings. The Morgan fingerprint density at radius 1 is 1.26 bits per heavy atom. The molecule has 3 rings (SSSR count). The van der Waals surface area contributed by atoms with Gasteiger partial charge in [-0.3, -0.25) is 24.3 Å². The zero-order chi connectivity index (χ0) is 19.6. The molecule has 0 bridgehead atoms. The van der Waals surface area contributed by atoms with Gasteiger partial charge in [0.15, 0.2) is 0 Å². The molecule has 140 valence electrons. The van der Waals surface area contributed by atoms with Crippen molar-refractivity contribution < 1.29 is 19.1 Å². The lowest BCUT2D eigenvalue weighted by atomic mass is 10.2. The maximum atomic E-state index is 12.5. The third kappa shape index (κ3) is 3.80. The number of carbonyl (C=O) groups excluding carboxylic acids is 3. The molecule has 0 aromatic carbocycles. The molecule has 2 aromatic rings. The van der Waals surface area contributed by atoms with Crippen LogP contribution in [0.1, 0.15) is 23.9 Å². The molecule has 0 unspecified atom stereocenters. The van der Waals surface area contributed by atoms with Crippen molar-refractivity contribution in [3.05, 3.63) is 52.4 Å². The molecule has 0 saturated carbocycles. The summed E-state index contributed by atoms with van der Waals surface area (Å²) in [7, 11) is 0. The fourth-order valence-electron chi connectivity index (χ4n) is 2.94. The van der Waals surface area contributed by atoms with Crippen LogP contribution < -0.4 is 0 Å². The molecule has 8 heteroatoms. The van der Waals surface area contributed by atoms with E-state index < -0.39 is 17.1 Å². The maximum absolute atomic E-state index is 12.5. The molecule has 1 aliphatic rings. The number of amides is 2. The molecule has 3 heterocycles. The van der Waals surface area contributed by atoms with Crippen molar-refractivity contribution in [3.8, 4) is 5.69 Å². The highest BCUT2D eigenvalue weighted by atomic mass is 32.2. The summed E-state index contributed by atoms with van der Waals surface area (Å²) in [6.07, 6.45) is 5.12. The van der Waals surface area contributed by atoms with Gasteiger partial charge in [0.1, 0.15) is 6.54 Å². The molecule has 0 atom stereocenters. The number of thioether (sulfide) groups is 1. The predicted octanol–water partition coefficient (Wildman–Crippen LogP) is 3.09. The van der Waals surface area contributed by atoms with E-state index in [0.717, 1.165) is 39.3 Å². The molecular weight excluding hydrogens is 366 g/mol. The first-order chi connectivity index (χ1) is 12.9. The van der Waals surface area contributed by atoms with E-state index in [9.17, 15) is 14.4 Å². The number of rotatable bonds is 5. The van der Waals surface area contributed by atoms with Gasteiger partial charge in [-0.15, -0.1) is 0 Å². The zero-order valence-electron chi connectivity index (χ0n) is 15.3. The van der Waals surface area contributed by atoms with E-state index in [-0.39, 0.29) is 13.2 Å². The van der Waals surface area contributed by atoms with Gasteiger partial charge in [-0.25, -0.2) is 0 Å². The first kappa shape index (κ1) is 18.9. The molecule has 0 aliphatic carbocycles. The minimum Gasteiger partial charge on any atom is -0.465 e. The largest absolute Gasteiger partial charge is 0.465 e. The third-order valence-corrected chi connectivity index (χ3v) is 5.05. The van der Waals surface area contributed by atoms with Crippen molar-refractivity contribution in [2.45, 2.75) is 20.8 Å². The fourth-order valence-corrected chi connectivity index (χ4v) is 3.77. The van der Waals surface area contributed by atoms with Crippen molar-refractivity contribution in [3.63, 3.8) is 0 Å². The van der Waals surface area contributed by atoms with Gasteiger partial charge < -0.3 is 9.30 Å². The van der Waals surface area contributed by atoms with Crippen molar-refractivity contribution >= 4 is 35.0 Å². The molecule has 0 spiro atoms. The average Bonchev–Trinajstić information content (AvgIpc) is 3.06. The first-order valence-corrected chi connectivity index (χ1v) is 9.24. The second-order valence-corrected chi connectivity index (χ2v) is 6.93. The fraction of sp³-hybridized carbons (Fsp3) is 0.263. The van der Waals surface area contributed by atoms with Crippen LogP contribution in [0, 0.1) is 13.8 Å². The average molecular weight is 385 g/mol. The number of pyridine rings is 1. The minimum atomic E-state index is -0.600. The van der Waals surface area contributed by atoms with Crippen LogP contribution in [0.3, 0.4) is 0 Å². The van der Waals surface area contributed by atoms with Crippen molar-refractivity contribution in [2.24, 2.45) is 0 Å². The first-order valence-electron chi connectivity index (χ1n) is 8.42. The van der Waals surface area contributed by atoms with Gasteiger partial charge in [0, 0.05) is 29.5 Å². The van der Waals surface area contributed by atoms with E-state index in [1.54, 1.807) is 25.4 Å². The Morgan fingerprint density at radius 3 is 2.63 bits per heavy atom. The van der Waals surface area contributed by atoms with Crippen LogP contribution in [-0.4, -0.2) is 44.7 Å². The number of carbonyl (C=O) groups is 3. The van der Waals surface area contributed by atoms with Crippen LogP contribution in [0.2, 0.25) is 0 Å².